The Kier molecular flexibility index (Phi) is 6.36. The van der Waals surface area contributed by atoms with Crippen LogP contribution in [-0.2, 0) is 20.2 Å². The molecule has 0 aromatic heterocycles. The van der Waals surface area contributed by atoms with Gasteiger partial charge in [-0.05, 0) is 19.9 Å². The summed E-state index contributed by atoms with van der Waals surface area (Å²) < 4.78 is 16.2. The Hall–Kier alpha value is -0.0900. The zero-order valence-corrected chi connectivity index (χ0v) is 10.3. The number of hydrogen-bond donors (Lipinski definition) is 3. The van der Waals surface area contributed by atoms with Crippen molar-refractivity contribution in [2.24, 2.45) is 0 Å². The summed E-state index contributed by atoms with van der Waals surface area (Å²) in [5.41, 5.74) is 1.64. The highest BCUT2D eigenvalue weighted by Crippen LogP contribution is 2.18. The molecule has 0 amide bonds. The van der Waals surface area contributed by atoms with Gasteiger partial charge in [0.25, 0.3) is 0 Å². The summed E-state index contributed by atoms with van der Waals surface area (Å²) in [5.74, 6) is 0. The Balaban J connectivity index is 2.49. The molecule has 0 aromatic rings. The van der Waals surface area contributed by atoms with Gasteiger partial charge in [0, 0.05) is 18.8 Å². The van der Waals surface area contributed by atoms with Crippen molar-refractivity contribution in [2.75, 3.05) is 26.5 Å². The van der Waals surface area contributed by atoms with E-state index in [0.29, 0.717) is 12.6 Å². The van der Waals surface area contributed by atoms with Crippen LogP contribution in [-0.4, -0.2) is 53.0 Å². The van der Waals surface area contributed by atoms with Crippen LogP contribution >= 0.6 is 0 Å². The number of nitrogens with zero attached hydrogens (tertiary/aromatic N) is 1. The number of rotatable bonds is 6. The van der Waals surface area contributed by atoms with E-state index in [-0.39, 0.29) is 12.6 Å². The minimum atomic E-state index is -1.34. The molecular weight excluding hydrogens is 234 g/mol. The van der Waals surface area contributed by atoms with Crippen LogP contribution in [0, 0.1) is 0 Å². The Morgan fingerprint density at radius 3 is 2.94 bits per heavy atom. The number of nitrogens with one attached hydrogen (secondary N) is 2. The van der Waals surface area contributed by atoms with Crippen LogP contribution < -0.4 is 11.0 Å². The number of hydroxylamine groups is 2. The molecule has 3 N–H and O–H groups in total. The molecule has 0 aromatic carbocycles. The van der Waals surface area contributed by atoms with E-state index in [1.807, 2.05) is 7.05 Å². The van der Waals surface area contributed by atoms with Crippen LogP contribution in [0.1, 0.15) is 12.8 Å². The van der Waals surface area contributed by atoms with Crippen molar-refractivity contribution in [1.82, 2.24) is 16.0 Å². The SMILES string of the molecule is CNC1CCN(OS(C)=O)C(CONO)C1. The van der Waals surface area contributed by atoms with Gasteiger partial charge in [0.15, 0.2) is 11.1 Å². The summed E-state index contributed by atoms with van der Waals surface area (Å²) in [7, 11) is 1.90. The minimum absolute atomic E-state index is 0.0326. The van der Waals surface area contributed by atoms with E-state index >= 15 is 0 Å². The van der Waals surface area contributed by atoms with Crippen molar-refractivity contribution in [3.05, 3.63) is 0 Å². The average molecular weight is 253 g/mol. The van der Waals surface area contributed by atoms with Gasteiger partial charge in [-0.2, -0.15) is 9.35 Å². The summed E-state index contributed by atoms with van der Waals surface area (Å²) in [5, 5.41) is 13.2. The predicted octanol–water partition coefficient (Wildman–Crippen LogP) is -0.826. The minimum Gasteiger partial charge on any atom is -0.317 e. The zero-order valence-electron chi connectivity index (χ0n) is 9.51. The normalized spacial score (nSPS) is 29.2. The zero-order chi connectivity index (χ0) is 12.0. The second-order valence-corrected chi connectivity index (χ2v) is 4.63. The van der Waals surface area contributed by atoms with E-state index < -0.39 is 11.1 Å². The second-order valence-electron chi connectivity index (χ2n) is 3.68. The van der Waals surface area contributed by atoms with E-state index in [1.165, 1.54) is 6.26 Å². The first kappa shape index (κ1) is 14.0. The molecule has 1 fully saturated rings. The molecule has 96 valence electrons. The molecule has 0 bridgehead atoms. The summed E-state index contributed by atoms with van der Waals surface area (Å²) in [6.45, 7) is 0.955. The standard InChI is InChI=1S/C8H19N3O4S/c1-9-7-3-4-11(15-16(2)13)8(5-7)6-14-10-12/h7-10,12H,3-6H2,1-2H3. The van der Waals surface area contributed by atoms with E-state index in [2.05, 4.69) is 5.32 Å². The highest BCUT2D eigenvalue weighted by molar-refractivity contribution is 7.79. The van der Waals surface area contributed by atoms with Gasteiger partial charge in [-0.15, -0.1) is 0 Å². The molecule has 8 heteroatoms. The lowest BCUT2D eigenvalue weighted by molar-refractivity contribution is -0.179. The van der Waals surface area contributed by atoms with Gasteiger partial charge >= 0.3 is 0 Å². The highest BCUT2D eigenvalue weighted by atomic mass is 32.2. The summed E-state index contributed by atoms with van der Waals surface area (Å²) >= 11 is -1.34. The monoisotopic (exact) mass is 253 g/mol. The molecule has 0 spiro atoms. The maximum Gasteiger partial charge on any atom is 0.170 e. The first-order valence-electron chi connectivity index (χ1n) is 5.14. The van der Waals surface area contributed by atoms with Gasteiger partial charge in [0.1, 0.15) is 0 Å². The molecule has 3 unspecified atom stereocenters. The van der Waals surface area contributed by atoms with Gasteiger partial charge in [-0.3, -0.25) is 10.0 Å². The van der Waals surface area contributed by atoms with Gasteiger partial charge < -0.3 is 5.32 Å². The Morgan fingerprint density at radius 1 is 1.62 bits per heavy atom. The van der Waals surface area contributed by atoms with Crippen LogP contribution in [0.25, 0.3) is 0 Å². The fourth-order valence-electron chi connectivity index (χ4n) is 1.81. The molecule has 16 heavy (non-hydrogen) atoms. The lowest BCUT2D eigenvalue weighted by Gasteiger charge is -2.36. The van der Waals surface area contributed by atoms with Crippen molar-refractivity contribution in [3.63, 3.8) is 0 Å². The van der Waals surface area contributed by atoms with Crippen LogP contribution in [0.4, 0.5) is 0 Å². The fraction of sp³-hybridized carbons (Fsp3) is 1.00. The van der Waals surface area contributed by atoms with Gasteiger partial charge in [0.05, 0.1) is 12.6 Å². The smallest absolute Gasteiger partial charge is 0.170 e. The largest absolute Gasteiger partial charge is 0.317 e. The van der Waals surface area contributed by atoms with Crippen LogP contribution in [0.3, 0.4) is 0 Å². The number of hydrogen-bond acceptors (Lipinski definition) is 7. The van der Waals surface area contributed by atoms with Crippen LogP contribution in [0.15, 0.2) is 0 Å². The lowest BCUT2D eigenvalue weighted by atomic mass is 10.00. The van der Waals surface area contributed by atoms with Crippen molar-refractivity contribution < 1.29 is 18.5 Å². The molecule has 7 nitrogen and oxygen atoms in total. The average Bonchev–Trinajstić information content (AvgIpc) is 2.27. The quantitative estimate of drug-likeness (QED) is 0.533. The van der Waals surface area contributed by atoms with Crippen molar-refractivity contribution >= 4 is 11.1 Å². The van der Waals surface area contributed by atoms with Gasteiger partial charge in [-0.1, -0.05) is 5.64 Å². The molecule has 1 rings (SSSR count). The molecule has 1 heterocycles. The Labute approximate surface area is 97.6 Å². The third kappa shape index (κ3) is 4.42. The van der Waals surface area contributed by atoms with E-state index in [1.54, 1.807) is 10.7 Å². The highest BCUT2D eigenvalue weighted by Gasteiger charge is 2.29. The predicted molar refractivity (Wildman–Crippen MR) is 58.6 cm³/mol. The third-order valence-electron chi connectivity index (χ3n) is 2.61. The molecule has 0 radical (unpaired) electrons. The molecule has 1 aliphatic heterocycles. The number of piperidine rings is 1. The van der Waals surface area contributed by atoms with Crippen LogP contribution in [0.5, 0.6) is 0 Å². The van der Waals surface area contributed by atoms with E-state index in [9.17, 15) is 4.21 Å². The summed E-state index contributed by atoms with van der Waals surface area (Å²) in [4.78, 5) is 4.73. The molecular formula is C8H19N3O4S. The van der Waals surface area contributed by atoms with E-state index in [0.717, 1.165) is 12.8 Å². The molecule has 1 aliphatic rings. The first-order chi connectivity index (χ1) is 7.67. The van der Waals surface area contributed by atoms with Crippen LogP contribution in [0.2, 0.25) is 0 Å². The van der Waals surface area contributed by atoms with Crippen molar-refractivity contribution in [3.8, 4) is 0 Å². The summed E-state index contributed by atoms with van der Waals surface area (Å²) in [6, 6.07) is 0.354. The summed E-state index contributed by atoms with van der Waals surface area (Å²) in [6.07, 6.45) is 3.22. The fourth-order valence-corrected chi connectivity index (χ4v) is 2.28. The maximum atomic E-state index is 11.0. The Bertz CT molecular complexity index is 231. The topological polar surface area (TPSA) is 83.1 Å². The molecule has 0 aliphatic carbocycles. The maximum absolute atomic E-state index is 11.0. The van der Waals surface area contributed by atoms with Crippen molar-refractivity contribution in [2.45, 2.75) is 24.9 Å². The molecule has 0 saturated carbocycles. The molecule has 3 atom stereocenters. The van der Waals surface area contributed by atoms with Gasteiger partial charge in [0.2, 0.25) is 0 Å². The third-order valence-corrected chi connectivity index (χ3v) is 3.01. The second kappa shape index (κ2) is 7.28. The van der Waals surface area contributed by atoms with Gasteiger partial charge in [-0.25, -0.2) is 4.21 Å². The Morgan fingerprint density at radius 2 is 2.38 bits per heavy atom. The van der Waals surface area contributed by atoms with E-state index in [4.69, 9.17) is 14.3 Å². The van der Waals surface area contributed by atoms with Crippen molar-refractivity contribution in [1.29, 1.82) is 0 Å². The molecule has 1 saturated heterocycles. The lowest BCUT2D eigenvalue weighted by Crippen LogP contribution is -2.50. The first-order valence-corrected chi connectivity index (χ1v) is 6.62.